The van der Waals surface area contributed by atoms with E-state index in [9.17, 15) is 19.2 Å². The molecular formula is C14H12Cl2N2O8. The Morgan fingerprint density at radius 3 is 0.885 bits per heavy atom. The van der Waals surface area contributed by atoms with Gasteiger partial charge in [0.25, 0.3) is 0 Å². The number of pyridine rings is 2. The van der Waals surface area contributed by atoms with Crippen molar-refractivity contribution >= 4 is 48.7 Å². The molecule has 0 aliphatic carbocycles. The number of rotatable bonds is 4. The number of halogens is 2. The fraction of sp³-hybridized carbons (Fsp3) is 0. The summed E-state index contributed by atoms with van der Waals surface area (Å²) in [6.45, 7) is 0. The van der Waals surface area contributed by atoms with Crippen molar-refractivity contribution in [3.8, 4) is 0 Å². The molecular weight excluding hydrogens is 395 g/mol. The van der Waals surface area contributed by atoms with Gasteiger partial charge < -0.3 is 20.4 Å². The lowest BCUT2D eigenvalue weighted by atomic mass is 10.3. The van der Waals surface area contributed by atoms with Gasteiger partial charge in [0.05, 0.1) is 0 Å². The van der Waals surface area contributed by atoms with Gasteiger partial charge in [0, 0.05) is 0 Å². The number of carboxylic acid groups (broad SMARTS) is 4. The number of carboxylic acids is 4. The number of hydrogen-bond acceptors (Lipinski definition) is 6. The number of nitrogens with zero attached hydrogens (tertiary/aromatic N) is 2. The van der Waals surface area contributed by atoms with Crippen LogP contribution < -0.4 is 0 Å². The summed E-state index contributed by atoms with van der Waals surface area (Å²) in [5.41, 5.74) is -1.07. The van der Waals surface area contributed by atoms with Crippen LogP contribution in [0.15, 0.2) is 36.4 Å². The molecule has 12 heteroatoms. The van der Waals surface area contributed by atoms with E-state index in [1.54, 1.807) is 0 Å². The summed E-state index contributed by atoms with van der Waals surface area (Å²) in [6.07, 6.45) is 0. The first kappa shape index (κ1) is 25.0. The molecule has 0 saturated carbocycles. The van der Waals surface area contributed by atoms with E-state index >= 15 is 0 Å². The van der Waals surface area contributed by atoms with Crippen molar-refractivity contribution in [1.29, 1.82) is 0 Å². The summed E-state index contributed by atoms with van der Waals surface area (Å²) in [4.78, 5) is 48.0. The summed E-state index contributed by atoms with van der Waals surface area (Å²) in [5, 5.41) is 33.7. The lowest BCUT2D eigenvalue weighted by molar-refractivity contribution is 0.0664. The first-order chi connectivity index (χ1) is 11.2. The molecule has 0 spiro atoms. The Bertz CT molecular complexity index is 687. The Morgan fingerprint density at radius 1 is 0.538 bits per heavy atom. The van der Waals surface area contributed by atoms with Gasteiger partial charge in [-0.05, 0) is 24.3 Å². The van der Waals surface area contributed by atoms with Gasteiger partial charge in [-0.2, -0.15) is 0 Å². The van der Waals surface area contributed by atoms with Crippen LogP contribution >= 0.6 is 24.8 Å². The Balaban J connectivity index is 0. The quantitative estimate of drug-likeness (QED) is 0.585. The van der Waals surface area contributed by atoms with Crippen molar-refractivity contribution in [1.82, 2.24) is 9.97 Å². The van der Waals surface area contributed by atoms with E-state index in [1.807, 2.05) is 0 Å². The van der Waals surface area contributed by atoms with Crippen molar-refractivity contribution < 1.29 is 39.6 Å². The molecule has 4 N–H and O–H groups in total. The maximum absolute atomic E-state index is 10.3. The van der Waals surface area contributed by atoms with E-state index < -0.39 is 23.9 Å². The zero-order valence-corrected chi connectivity index (χ0v) is 14.2. The van der Waals surface area contributed by atoms with Gasteiger partial charge in [0.2, 0.25) is 0 Å². The number of aromatic nitrogens is 2. The highest BCUT2D eigenvalue weighted by Crippen LogP contribution is 1.99. The van der Waals surface area contributed by atoms with Gasteiger partial charge >= 0.3 is 23.9 Å². The molecule has 0 atom stereocenters. The van der Waals surface area contributed by atoms with E-state index in [-0.39, 0.29) is 47.6 Å². The van der Waals surface area contributed by atoms with Crippen molar-refractivity contribution in [3.05, 3.63) is 59.2 Å². The van der Waals surface area contributed by atoms with Gasteiger partial charge in [-0.3, -0.25) is 0 Å². The molecule has 0 amide bonds. The second kappa shape index (κ2) is 11.3. The molecule has 2 aromatic rings. The minimum absolute atomic E-state index is 0. The fourth-order valence-electron chi connectivity index (χ4n) is 1.35. The summed E-state index contributed by atoms with van der Waals surface area (Å²) in [5.74, 6) is -4.95. The Kier molecular flexibility index (Phi) is 10.9. The van der Waals surface area contributed by atoms with Crippen molar-refractivity contribution in [3.63, 3.8) is 0 Å². The average Bonchev–Trinajstić information content (AvgIpc) is 2.55. The highest BCUT2D eigenvalue weighted by molar-refractivity contribution is 5.90. The van der Waals surface area contributed by atoms with Gasteiger partial charge in [-0.15, -0.1) is 24.8 Å². The molecule has 140 valence electrons. The highest BCUT2D eigenvalue weighted by Gasteiger charge is 2.09. The third-order valence-corrected chi connectivity index (χ3v) is 2.37. The lowest BCUT2D eigenvalue weighted by Gasteiger charge is -1.94. The molecule has 0 bridgehead atoms. The number of carbonyl (C=O) groups is 4. The third kappa shape index (κ3) is 7.55. The predicted molar refractivity (Wildman–Crippen MR) is 90.8 cm³/mol. The number of aromatic carboxylic acids is 4. The van der Waals surface area contributed by atoms with Crippen LogP contribution in [0.2, 0.25) is 0 Å². The van der Waals surface area contributed by atoms with Crippen LogP contribution in [0, 0.1) is 0 Å². The van der Waals surface area contributed by atoms with E-state index in [0.29, 0.717) is 0 Å². The lowest BCUT2D eigenvalue weighted by Crippen LogP contribution is -2.06. The number of hydrogen-bond donors (Lipinski definition) is 4. The molecule has 0 unspecified atom stereocenters. The molecule has 0 radical (unpaired) electrons. The fourth-order valence-corrected chi connectivity index (χ4v) is 1.35. The van der Waals surface area contributed by atoms with Crippen LogP contribution in [0.5, 0.6) is 0 Å². The van der Waals surface area contributed by atoms with Crippen LogP contribution in [0.1, 0.15) is 42.0 Å². The zero-order valence-electron chi connectivity index (χ0n) is 12.6. The Morgan fingerprint density at radius 2 is 0.731 bits per heavy atom. The maximum Gasteiger partial charge on any atom is 0.354 e. The monoisotopic (exact) mass is 406 g/mol. The molecule has 10 nitrogen and oxygen atoms in total. The topological polar surface area (TPSA) is 175 Å². The van der Waals surface area contributed by atoms with E-state index in [2.05, 4.69) is 9.97 Å². The Labute approximate surface area is 158 Å². The third-order valence-electron chi connectivity index (χ3n) is 2.37. The molecule has 2 heterocycles. The van der Waals surface area contributed by atoms with Crippen LogP contribution in [0.3, 0.4) is 0 Å². The minimum Gasteiger partial charge on any atom is -0.477 e. The summed E-state index contributed by atoms with van der Waals surface area (Å²) >= 11 is 0. The second-order valence-electron chi connectivity index (χ2n) is 4.04. The van der Waals surface area contributed by atoms with Gasteiger partial charge in [0.15, 0.2) is 0 Å². The van der Waals surface area contributed by atoms with Crippen molar-refractivity contribution in [2.45, 2.75) is 0 Å². The molecule has 0 aliphatic rings. The van der Waals surface area contributed by atoms with Crippen LogP contribution in [-0.2, 0) is 0 Å². The smallest absolute Gasteiger partial charge is 0.354 e. The molecule has 2 aromatic heterocycles. The van der Waals surface area contributed by atoms with Gasteiger partial charge in [0.1, 0.15) is 22.8 Å². The van der Waals surface area contributed by atoms with Crippen LogP contribution in [0.4, 0.5) is 0 Å². The minimum atomic E-state index is -1.24. The molecule has 0 aliphatic heterocycles. The SMILES string of the molecule is Cl.Cl.O=C(O)c1cccc(C(=O)O)n1.O=C(O)c1cccc(C(=O)O)n1. The highest BCUT2D eigenvalue weighted by atomic mass is 35.5. The second-order valence-corrected chi connectivity index (χ2v) is 4.04. The first-order valence-electron chi connectivity index (χ1n) is 6.09. The van der Waals surface area contributed by atoms with Crippen LogP contribution in [-0.4, -0.2) is 54.3 Å². The predicted octanol–water partition coefficient (Wildman–Crippen LogP) is 1.80. The Hall–Kier alpha value is -3.24. The van der Waals surface area contributed by atoms with Crippen molar-refractivity contribution in [2.75, 3.05) is 0 Å². The molecule has 0 aromatic carbocycles. The average molecular weight is 407 g/mol. The maximum atomic E-state index is 10.3. The van der Waals surface area contributed by atoms with E-state index in [4.69, 9.17) is 20.4 Å². The molecule has 2 rings (SSSR count). The summed E-state index contributed by atoms with van der Waals surface area (Å²) < 4.78 is 0. The normalized spacial score (nSPS) is 8.62. The van der Waals surface area contributed by atoms with E-state index in [1.165, 1.54) is 36.4 Å². The molecule has 0 fully saturated rings. The standard InChI is InChI=1S/2C7H5NO4.2ClH/c2*9-6(10)4-2-1-3-5(8-4)7(11)12;;/h2*1-3H,(H,9,10)(H,11,12);2*1H. The van der Waals surface area contributed by atoms with Gasteiger partial charge in [-0.1, -0.05) is 12.1 Å². The molecule has 26 heavy (non-hydrogen) atoms. The summed E-state index contributed by atoms with van der Waals surface area (Å²) in [7, 11) is 0. The van der Waals surface area contributed by atoms with Crippen LogP contribution in [0.25, 0.3) is 0 Å². The van der Waals surface area contributed by atoms with E-state index in [0.717, 1.165) is 0 Å². The first-order valence-corrected chi connectivity index (χ1v) is 6.09. The van der Waals surface area contributed by atoms with Gasteiger partial charge in [-0.25, -0.2) is 29.1 Å². The molecule has 0 saturated heterocycles. The largest absolute Gasteiger partial charge is 0.477 e. The summed E-state index contributed by atoms with van der Waals surface area (Å²) in [6, 6.07) is 7.59. The van der Waals surface area contributed by atoms with Crippen molar-refractivity contribution in [2.24, 2.45) is 0 Å². The zero-order chi connectivity index (χ0) is 18.3.